The molecule has 1 heterocycles. The smallest absolute Gasteiger partial charge is 0.115 e. The van der Waals surface area contributed by atoms with Crippen molar-refractivity contribution in [1.29, 1.82) is 0 Å². The summed E-state index contributed by atoms with van der Waals surface area (Å²) >= 11 is 0. The summed E-state index contributed by atoms with van der Waals surface area (Å²) in [6.07, 6.45) is 5.97. The van der Waals surface area contributed by atoms with Crippen LogP contribution >= 0.6 is 0 Å². The molecular weight excluding hydrogens is 238 g/mol. The molecule has 0 spiro atoms. The first kappa shape index (κ1) is 12.9. The molecule has 0 radical (unpaired) electrons. The molecule has 1 saturated heterocycles. The van der Waals surface area contributed by atoms with Crippen molar-refractivity contribution in [3.05, 3.63) is 29.3 Å². The van der Waals surface area contributed by atoms with Gasteiger partial charge in [0.15, 0.2) is 0 Å². The molecule has 2 aliphatic rings. The Hall–Kier alpha value is -1.06. The summed E-state index contributed by atoms with van der Waals surface area (Å²) < 4.78 is 5.53. The monoisotopic (exact) mass is 261 g/mol. The van der Waals surface area contributed by atoms with Crippen LogP contribution in [0.1, 0.15) is 42.9 Å². The van der Waals surface area contributed by atoms with E-state index in [0.717, 1.165) is 26.2 Å². The number of hydrogen-bond donors (Lipinski definition) is 2. The van der Waals surface area contributed by atoms with Gasteiger partial charge in [-0.25, -0.2) is 0 Å². The van der Waals surface area contributed by atoms with Crippen LogP contribution in [0.3, 0.4) is 0 Å². The number of aryl methyl sites for hydroxylation is 1. The minimum atomic E-state index is 0.389. The van der Waals surface area contributed by atoms with Gasteiger partial charge < -0.3 is 15.2 Å². The molecule has 19 heavy (non-hydrogen) atoms. The fourth-order valence-electron chi connectivity index (χ4n) is 3.29. The highest BCUT2D eigenvalue weighted by atomic mass is 16.5. The molecule has 2 unspecified atom stereocenters. The maximum absolute atomic E-state index is 9.57. The average molecular weight is 261 g/mol. The molecule has 0 aromatic heterocycles. The van der Waals surface area contributed by atoms with Gasteiger partial charge in [0.1, 0.15) is 5.75 Å². The molecule has 2 N–H and O–H groups in total. The van der Waals surface area contributed by atoms with Crippen molar-refractivity contribution in [3.8, 4) is 5.75 Å². The van der Waals surface area contributed by atoms with Crippen LogP contribution in [0.5, 0.6) is 5.75 Å². The molecule has 1 fully saturated rings. The Morgan fingerprint density at radius 3 is 3.05 bits per heavy atom. The van der Waals surface area contributed by atoms with Crippen LogP contribution in [0, 0.1) is 5.92 Å². The van der Waals surface area contributed by atoms with Gasteiger partial charge in [-0.05, 0) is 61.3 Å². The maximum Gasteiger partial charge on any atom is 0.115 e. The highest BCUT2D eigenvalue weighted by Crippen LogP contribution is 2.32. The Morgan fingerprint density at radius 2 is 2.21 bits per heavy atom. The molecule has 2 atom stereocenters. The molecule has 0 saturated carbocycles. The number of phenolic OH excluding ortho intramolecular Hbond substituents is 1. The average Bonchev–Trinajstić information content (AvgIpc) is 2.45. The lowest BCUT2D eigenvalue weighted by molar-refractivity contribution is 0.0535. The number of ether oxygens (including phenoxy) is 1. The van der Waals surface area contributed by atoms with Crippen molar-refractivity contribution in [2.45, 2.75) is 38.1 Å². The third-order valence-electron chi connectivity index (χ3n) is 4.35. The zero-order valence-corrected chi connectivity index (χ0v) is 11.4. The van der Waals surface area contributed by atoms with Gasteiger partial charge in [0.2, 0.25) is 0 Å². The maximum atomic E-state index is 9.57. The van der Waals surface area contributed by atoms with E-state index in [1.807, 2.05) is 12.1 Å². The van der Waals surface area contributed by atoms with E-state index in [9.17, 15) is 5.11 Å². The number of fused-ring (bicyclic) bond motifs is 1. The highest BCUT2D eigenvalue weighted by Gasteiger charge is 2.22. The summed E-state index contributed by atoms with van der Waals surface area (Å²) in [5.74, 6) is 1.05. The second kappa shape index (κ2) is 5.93. The minimum Gasteiger partial charge on any atom is -0.508 e. The number of benzene rings is 1. The largest absolute Gasteiger partial charge is 0.508 e. The summed E-state index contributed by atoms with van der Waals surface area (Å²) in [7, 11) is 0. The first-order chi connectivity index (χ1) is 9.33. The Bertz CT molecular complexity index is 427. The third kappa shape index (κ3) is 3.10. The Balaban J connectivity index is 1.63. The quantitative estimate of drug-likeness (QED) is 0.879. The molecule has 104 valence electrons. The number of rotatable bonds is 3. The van der Waals surface area contributed by atoms with Gasteiger partial charge in [0.05, 0.1) is 6.61 Å². The van der Waals surface area contributed by atoms with Gasteiger partial charge in [-0.2, -0.15) is 0 Å². The predicted molar refractivity (Wildman–Crippen MR) is 75.3 cm³/mol. The second-order valence-corrected chi connectivity index (χ2v) is 5.82. The Labute approximate surface area is 115 Å². The fourth-order valence-corrected chi connectivity index (χ4v) is 3.29. The molecule has 0 amide bonds. The molecule has 0 bridgehead atoms. The molecule has 3 nitrogen and oxygen atoms in total. The minimum absolute atomic E-state index is 0.389. The fraction of sp³-hybridized carbons (Fsp3) is 0.625. The first-order valence-corrected chi connectivity index (χ1v) is 7.46. The van der Waals surface area contributed by atoms with Crippen molar-refractivity contribution < 1.29 is 9.84 Å². The van der Waals surface area contributed by atoms with Crippen LogP contribution in [0.4, 0.5) is 0 Å². The van der Waals surface area contributed by atoms with E-state index in [4.69, 9.17) is 4.74 Å². The van der Waals surface area contributed by atoms with E-state index in [2.05, 4.69) is 11.4 Å². The molecule has 3 rings (SSSR count). The number of aromatic hydroxyl groups is 1. The van der Waals surface area contributed by atoms with Crippen molar-refractivity contribution in [3.63, 3.8) is 0 Å². The lowest BCUT2D eigenvalue weighted by Crippen LogP contribution is -2.33. The van der Waals surface area contributed by atoms with E-state index in [1.54, 1.807) is 0 Å². The summed E-state index contributed by atoms with van der Waals surface area (Å²) in [6.45, 7) is 2.88. The van der Waals surface area contributed by atoms with Crippen molar-refractivity contribution >= 4 is 0 Å². The first-order valence-electron chi connectivity index (χ1n) is 7.46. The van der Waals surface area contributed by atoms with Crippen molar-refractivity contribution in [1.82, 2.24) is 5.32 Å². The van der Waals surface area contributed by atoms with Crippen molar-refractivity contribution in [2.75, 3.05) is 19.8 Å². The normalized spacial score (nSPS) is 26.9. The van der Waals surface area contributed by atoms with E-state index in [1.165, 1.54) is 36.8 Å². The summed E-state index contributed by atoms with van der Waals surface area (Å²) in [6, 6.07) is 6.26. The van der Waals surface area contributed by atoms with Gasteiger partial charge in [0.25, 0.3) is 0 Å². The van der Waals surface area contributed by atoms with E-state index in [-0.39, 0.29) is 0 Å². The predicted octanol–water partition coefficient (Wildman–Crippen LogP) is 2.79. The molecule has 1 aromatic carbocycles. The van der Waals surface area contributed by atoms with Gasteiger partial charge >= 0.3 is 0 Å². The zero-order chi connectivity index (χ0) is 13.1. The van der Waals surface area contributed by atoms with Crippen LogP contribution in [0.15, 0.2) is 18.2 Å². The Kier molecular flexibility index (Phi) is 4.04. The second-order valence-electron chi connectivity index (χ2n) is 5.82. The van der Waals surface area contributed by atoms with Crippen LogP contribution in [0.25, 0.3) is 0 Å². The van der Waals surface area contributed by atoms with E-state index in [0.29, 0.717) is 17.7 Å². The van der Waals surface area contributed by atoms with E-state index < -0.39 is 0 Å². The van der Waals surface area contributed by atoms with Crippen LogP contribution in [-0.4, -0.2) is 24.9 Å². The molecule has 1 aromatic rings. The Morgan fingerprint density at radius 1 is 1.26 bits per heavy atom. The van der Waals surface area contributed by atoms with Crippen molar-refractivity contribution in [2.24, 2.45) is 5.92 Å². The topological polar surface area (TPSA) is 41.5 Å². The van der Waals surface area contributed by atoms with Gasteiger partial charge in [-0.1, -0.05) is 6.07 Å². The number of phenols is 1. The van der Waals surface area contributed by atoms with E-state index >= 15 is 0 Å². The zero-order valence-electron chi connectivity index (χ0n) is 11.4. The van der Waals surface area contributed by atoms with Gasteiger partial charge in [-0.3, -0.25) is 0 Å². The SMILES string of the molecule is Oc1ccc2c(c1)CCCC2NCC1CCCOC1. The van der Waals surface area contributed by atoms with Gasteiger partial charge in [0, 0.05) is 19.2 Å². The summed E-state index contributed by atoms with van der Waals surface area (Å²) in [5, 5.41) is 13.3. The number of nitrogens with one attached hydrogen (secondary N) is 1. The lowest BCUT2D eigenvalue weighted by atomic mass is 9.87. The molecule has 3 heteroatoms. The number of hydrogen-bond acceptors (Lipinski definition) is 3. The standard InChI is InChI=1S/C16H23NO2/c18-14-6-7-15-13(9-14)4-1-5-16(15)17-10-12-3-2-8-19-11-12/h6-7,9,12,16-18H,1-5,8,10-11H2. The summed E-state index contributed by atoms with van der Waals surface area (Å²) in [4.78, 5) is 0. The van der Waals surface area contributed by atoms with Crippen LogP contribution in [-0.2, 0) is 11.2 Å². The van der Waals surface area contributed by atoms with Gasteiger partial charge in [-0.15, -0.1) is 0 Å². The molecule has 1 aliphatic heterocycles. The highest BCUT2D eigenvalue weighted by molar-refractivity contribution is 5.38. The molecular formula is C16H23NO2. The van der Waals surface area contributed by atoms with Crippen LogP contribution in [0.2, 0.25) is 0 Å². The van der Waals surface area contributed by atoms with Crippen LogP contribution < -0.4 is 5.32 Å². The lowest BCUT2D eigenvalue weighted by Gasteiger charge is -2.29. The summed E-state index contributed by atoms with van der Waals surface area (Å²) in [5.41, 5.74) is 2.68. The molecule has 1 aliphatic carbocycles. The third-order valence-corrected chi connectivity index (χ3v) is 4.35.